The Labute approximate surface area is 202 Å². The van der Waals surface area contributed by atoms with Gasteiger partial charge in [0.05, 0.1) is 12.6 Å². The van der Waals surface area contributed by atoms with Crippen LogP contribution in [0.25, 0.3) is 10.9 Å². The maximum absolute atomic E-state index is 13.2. The number of hydrogen-bond acceptors (Lipinski definition) is 7. The van der Waals surface area contributed by atoms with Crippen LogP contribution in [0.1, 0.15) is 31.7 Å². The molecular formula is C23H34N6O6. The number of carboxylic acids is 1. The number of nitrogens with two attached hydrogens (primary N) is 2. The molecule has 0 aliphatic rings. The maximum atomic E-state index is 13.2. The van der Waals surface area contributed by atoms with Crippen molar-refractivity contribution in [3.63, 3.8) is 0 Å². The molecule has 0 fully saturated rings. The number of aliphatic hydroxyl groups excluding tert-OH is 1. The van der Waals surface area contributed by atoms with Crippen molar-refractivity contribution in [1.82, 2.24) is 20.9 Å². The van der Waals surface area contributed by atoms with E-state index in [1.807, 2.05) is 24.3 Å². The van der Waals surface area contributed by atoms with E-state index < -0.39 is 54.5 Å². The fourth-order valence-electron chi connectivity index (χ4n) is 3.65. The number of para-hydroxylation sites is 1. The molecule has 0 aliphatic heterocycles. The van der Waals surface area contributed by atoms with Crippen molar-refractivity contribution < 1.29 is 29.4 Å². The first-order valence-corrected chi connectivity index (χ1v) is 11.4. The van der Waals surface area contributed by atoms with Gasteiger partial charge in [-0.2, -0.15) is 0 Å². The molecule has 10 N–H and O–H groups in total. The van der Waals surface area contributed by atoms with E-state index in [4.69, 9.17) is 11.5 Å². The highest BCUT2D eigenvalue weighted by Crippen LogP contribution is 2.19. The summed E-state index contributed by atoms with van der Waals surface area (Å²) in [4.78, 5) is 52.6. The Hall–Kier alpha value is -3.48. The minimum Gasteiger partial charge on any atom is -0.480 e. The number of amides is 3. The van der Waals surface area contributed by atoms with Crippen LogP contribution in [0.2, 0.25) is 0 Å². The molecule has 12 nitrogen and oxygen atoms in total. The zero-order valence-corrected chi connectivity index (χ0v) is 19.6. The summed E-state index contributed by atoms with van der Waals surface area (Å²) in [6, 6.07) is 3.68. The van der Waals surface area contributed by atoms with Crippen molar-refractivity contribution in [3.8, 4) is 0 Å². The number of aliphatic carboxylic acids is 1. The number of fused-ring (bicyclic) bond motifs is 1. The first-order valence-electron chi connectivity index (χ1n) is 11.4. The topological polar surface area (TPSA) is 213 Å². The van der Waals surface area contributed by atoms with E-state index in [9.17, 15) is 29.4 Å². The summed E-state index contributed by atoms with van der Waals surface area (Å²) in [5.41, 5.74) is 12.3. The number of carboxylic acid groups (broad SMARTS) is 1. The largest absolute Gasteiger partial charge is 0.480 e. The first kappa shape index (κ1) is 27.8. The van der Waals surface area contributed by atoms with Crippen molar-refractivity contribution in [2.24, 2.45) is 11.5 Å². The van der Waals surface area contributed by atoms with Gasteiger partial charge >= 0.3 is 5.97 Å². The summed E-state index contributed by atoms with van der Waals surface area (Å²) in [7, 11) is 0. The molecule has 4 unspecified atom stereocenters. The number of hydrogen-bond donors (Lipinski definition) is 8. The lowest BCUT2D eigenvalue weighted by molar-refractivity contribution is -0.142. The predicted octanol–water partition coefficient (Wildman–Crippen LogP) is -1.28. The van der Waals surface area contributed by atoms with Crippen LogP contribution in [-0.4, -0.2) is 76.2 Å². The molecule has 1 heterocycles. The molecule has 0 bridgehead atoms. The Morgan fingerprint density at radius 2 is 1.69 bits per heavy atom. The summed E-state index contributed by atoms with van der Waals surface area (Å²) in [6.07, 6.45) is 1.75. The van der Waals surface area contributed by atoms with Gasteiger partial charge in [-0.25, -0.2) is 4.79 Å². The van der Waals surface area contributed by atoms with Gasteiger partial charge in [-0.05, 0) is 44.4 Å². The van der Waals surface area contributed by atoms with Crippen molar-refractivity contribution in [2.45, 2.75) is 56.8 Å². The van der Waals surface area contributed by atoms with Gasteiger partial charge in [0, 0.05) is 23.5 Å². The average molecular weight is 491 g/mol. The SMILES string of the molecule is CC(O)C(NC(=O)CN)C(=O)NC(Cc1c[nH]c2ccccc12)C(=O)NC(CCCCN)C(=O)O. The number of aliphatic hydroxyl groups is 1. The summed E-state index contributed by atoms with van der Waals surface area (Å²) in [5, 5.41) is 27.7. The van der Waals surface area contributed by atoms with Crippen molar-refractivity contribution in [2.75, 3.05) is 13.1 Å². The van der Waals surface area contributed by atoms with E-state index >= 15 is 0 Å². The number of unbranched alkanes of at least 4 members (excludes halogenated alkanes) is 1. The number of carbonyl (C=O) groups is 4. The zero-order chi connectivity index (χ0) is 26.0. The fourth-order valence-corrected chi connectivity index (χ4v) is 3.65. The minimum atomic E-state index is -1.36. The van der Waals surface area contributed by atoms with Gasteiger partial charge in [-0.15, -0.1) is 0 Å². The molecule has 0 saturated carbocycles. The number of aromatic nitrogens is 1. The Kier molecular flexibility index (Phi) is 10.6. The number of H-pyrrole nitrogens is 1. The molecule has 2 rings (SSSR count). The van der Waals surface area contributed by atoms with Gasteiger partial charge in [0.2, 0.25) is 17.7 Å². The number of nitrogens with one attached hydrogen (secondary N) is 4. The Morgan fingerprint density at radius 1 is 1.00 bits per heavy atom. The third kappa shape index (κ3) is 8.05. The van der Waals surface area contributed by atoms with E-state index in [1.54, 1.807) is 6.20 Å². The molecule has 4 atom stereocenters. The van der Waals surface area contributed by atoms with E-state index in [2.05, 4.69) is 20.9 Å². The van der Waals surface area contributed by atoms with Crippen LogP contribution in [0.15, 0.2) is 30.5 Å². The molecule has 192 valence electrons. The van der Waals surface area contributed by atoms with Crippen LogP contribution in [0, 0.1) is 0 Å². The van der Waals surface area contributed by atoms with Crippen molar-refractivity contribution in [1.29, 1.82) is 0 Å². The quantitative estimate of drug-likeness (QED) is 0.149. The van der Waals surface area contributed by atoms with Gasteiger partial charge < -0.3 is 42.6 Å². The number of carbonyl (C=O) groups excluding carboxylic acids is 3. The lowest BCUT2D eigenvalue weighted by Gasteiger charge is -2.25. The van der Waals surface area contributed by atoms with E-state index in [0.29, 0.717) is 19.4 Å². The maximum Gasteiger partial charge on any atom is 0.326 e. The van der Waals surface area contributed by atoms with E-state index in [0.717, 1.165) is 16.5 Å². The summed E-state index contributed by atoms with van der Waals surface area (Å²) < 4.78 is 0. The zero-order valence-electron chi connectivity index (χ0n) is 19.6. The number of aromatic amines is 1. The monoisotopic (exact) mass is 490 g/mol. The molecular weight excluding hydrogens is 456 g/mol. The standard InChI is InChI=1S/C23H34N6O6/c1-13(30)20(29-19(31)11-25)22(33)28-18(10-14-12-26-16-7-3-2-6-15(14)16)21(32)27-17(23(34)35)8-4-5-9-24/h2-3,6-7,12-13,17-18,20,26,30H,4-5,8-11,24-25H2,1H3,(H,27,32)(H,28,33)(H,29,31)(H,34,35). The van der Waals surface area contributed by atoms with Gasteiger partial charge in [0.25, 0.3) is 0 Å². The molecule has 1 aromatic carbocycles. The molecule has 1 aromatic heterocycles. The second kappa shape index (κ2) is 13.4. The normalized spacial score (nSPS) is 14.5. The van der Waals surface area contributed by atoms with Crippen LogP contribution in [0.5, 0.6) is 0 Å². The molecule has 3 amide bonds. The van der Waals surface area contributed by atoms with E-state index in [-0.39, 0.29) is 12.8 Å². The van der Waals surface area contributed by atoms with Crippen molar-refractivity contribution >= 4 is 34.6 Å². The minimum absolute atomic E-state index is 0.0358. The smallest absolute Gasteiger partial charge is 0.326 e. The fraction of sp³-hybridized carbons (Fsp3) is 0.478. The predicted molar refractivity (Wildman–Crippen MR) is 129 cm³/mol. The van der Waals surface area contributed by atoms with E-state index in [1.165, 1.54) is 6.92 Å². The molecule has 2 aromatic rings. The van der Waals surface area contributed by atoms with Crippen LogP contribution >= 0.6 is 0 Å². The lowest BCUT2D eigenvalue weighted by Crippen LogP contribution is -2.59. The molecule has 0 aliphatic carbocycles. The lowest BCUT2D eigenvalue weighted by atomic mass is 10.0. The van der Waals surface area contributed by atoms with Gasteiger partial charge in [0.15, 0.2) is 0 Å². The van der Waals surface area contributed by atoms with Crippen LogP contribution < -0.4 is 27.4 Å². The van der Waals surface area contributed by atoms with Gasteiger partial charge in [-0.1, -0.05) is 18.2 Å². The highest BCUT2D eigenvalue weighted by molar-refractivity contribution is 5.94. The average Bonchev–Trinajstić information content (AvgIpc) is 3.23. The van der Waals surface area contributed by atoms with Crippen LogP contribution in [-0.2, 0) is 25.6 Å². The summed E-state index contributed by atoms with van der Waals surface area (Å²) in [5.74, 6) is -3.38. The Balaban J connectivity index is 2.28. The second-order valence-corrected chi connectivity index (χ2v) is 8.30. The molecule has 35 heavy (non-hydrogen) atoms. The van der Waals surface area contributed by atoms with Gasteiger partial charge in [0.1, 0.15) is 18.1 Å². The molecule has 12 heteroatoms. The molecule has 0 radical (unpaired) electrons. The Bertz CT molecular complexity index is 1020. The highest BCUT2D eigenvalue weighted by atomic mass is 16.4. The number of benzene rings is 1. The first-order chi connectivity index (χ1) is 16.7. The third-order valence-corrected chi connectivity index (χ3v) is 5.56. The van der Waals surface area contributed by atoms with Crippen LogP contribution in [0.4, 0.5) is 0 Å². The highest BCUT2D eigenvalue weighted by Gasteiger charge is 2.31. The van der Waals surface area contributed by atoms with Crippen molar-refractivity contribution in [3.05, 3.63) is 36.0 Å². The summed E-state index contributed by atoms with van der Waals surface area (Å²) in [6.45, 7) is 1.32. The van der Waals surface area contributed by atoms with Crippen LogP contribution in [0.3, 0.4) is 0 Å². The third-order valence-electron chi connectivity index (χ3n) is 5.56. The molecule has 0 saturated heterocycles. The Morgan fingerprint density at radius 3 is 2.31 bits per heavy atom. The molecule has 0 spiro atoms. The second-order valence-electron chi connectivity index (χ2n) is 8.30. The number of rotatable bonds is 14. The van der Waals surface area contributed by atoms with Gasteiger partial charge in [-0.3, -0.25) is 14.4 Å². The summed E-state index contributed by atoms with van der Waals surface area (Å²) >= 11 is 0.